The summed E-state index contributed by atoms with van der Waals surface area (Å²) in [5, 5.41) is 16.3. The van der Waals surface area contributed by atoms with Crippen LogP contribution in [-0.4, -0.2) is 14.9 Å². The zero-order chi connectivity index (χ0) is 22.9. The zero-order valence-electron chi connectivity index (χ0n) is 16.3. The van der Waals surface area contributed by atoms with E-state index >= 15 is 0 Å². The van der Waals surface area contributed by atoms with Crippen LogP contribution in [0.2, 0.25) is 0 Å². The van der Waals surface area contributed by atoms with Gasteiger partial charge < -0.3 is 15.2 Å². The Labute approximate surface area is 208 Å². The van der Waals surface area contributed by atoms with Crippen molar-refractivity contribution in [3.63, 3.8) is 0 Å². The van der Waals surface area contributed by atoms with E-state index in [0.29, 0.717) is 29.1 Å². The molecule has 4 rings (SSSR count). The summed E-state index contributed by atoms with van der Waals surface area (Å²) in [7, 11) is 0. The number of anilines is 1. The minimum Gasteiger partial charge on any atom is -0.486 e. The minimum atomic E-state index is -0.458. The second-order valence-electron chi connectivity index (χ2n) is 5.98. The Morgan fingerprint density at radius 2 is 1.44 bits per heavy atom. The summed E-state index contributed by atoms with van der Waals surface area (Å²) < 4.78 is 12.3. The fraction of sp³-hybridized carbons (Fsp3) is 0.100. The first-order valence-electron chi connectivity index (χ1n) is 8.93. The first-order valence-corrected chi connectivity index (χ1v) is 12.3. The van der Waals surface area contributed by atoms with Crippen molar-refractivity contribution < 1.29 is 14.4 Å². The predicted octanol–water partition coefficient (Wildman–Crippen LogP) is 6.46. The van der Waals surface area contributed by atoms with Crippen LogP contribution in [0.1, 0.15) is 10.0 Å². The maximum absolute atomic E-state index is 10.7. The molecule has 2 heterocycles. The molecule has 32 heavy (non-hydrogen) atoms. The van der Waals surface area contributed by atoms with Gasteiger partial charge in [0.1, 0.15) is 34.7 Å². The highest BCUT2D eigenvalue weighted by atomic mass is 79.9. The standard InChI is InChI=1S/C10H7BrN2O3S.C10H9BrN2OS/c11-8-2-1-7(5-9(8)13(14)15)16-6-10-12-3-4-17-10;11-8-2-1-7(5-9(8)12)14-6-10-13-3-4-15-10/h1-5H,6H2;1-5H,6,12H2. The number of thiazole rings is 2. The van der Waals surface area contributed by atoms with Crippen LogP contribution in [0.3, 0.4) is 0 Å². The Morgan fingerprint density at radius 3 is 1.91 bits per heavy atom. The van der Waals surface area contributed by atoms with Crippen LogP contribution in [0.15, 0.2) is 68.5 Å². The molecule has 2 N–H and O–H groups in total. The van der Waals surface area contributed by atoms with Crippen LogP contribution < -0.4 is 15.2 Å². The molecule has 0 saturated heterocycles. The average molecular weight is 600 g/mol. The highest BCUT2D eigenvalue weighted by molar-refractivity contribution is 9.11. The van der Waals surface area contributed by atoms with Crippen molar-refractivity contribution in [2.24, 2.45) is 0 Å². The molecule has 166 valence electrons. The molecule has 0 radical (unpaired) electrons. The van der Waals surface area contributed by atoms with Gasteiger partial charge in [0.05, 0.1) is 15.5 Å². The molecule has 0 aliphatic heterocycles. The van der Waals surface area contributed by atoms with Crippen molar-refractivity contribution in [2.75, 3.05) is 5.73 Å². The quantitative estimate of drug-likeness (QED) is 0.147. The molecule has 4 aromatic rings. The SMILES string of the molecule is Nc1cc(OCc2nccs2)ccc1Br.O=[N+]([O-])c1cc(OCc2nccs2)ccc1Br. The molecular weight excluding hydrogens is 584 g/mol. The van der Waals surface area contributed by atoms with Crippen LogP contribution in [-0.2, 0) is 13.2 Å². The molecule has 8 nitrogen and oxygen atoms in total. The van der Waals surface area contributed by atoms with Gasteiger partial charge >= 0.3 is 0 Å². The minimum absolute atomic E-state index is 0.0124. The third kappa shape index (κ3) is 7.26. The van der Waals surface area contributed by atoms with E-state index in [0.717, 1.165) is 20.2 Å². The number of nitrogens with two attached hydrogens (primary N) is 1. The highest BCUT2D eigenvalue weighted by Crippen LogP contribution is 2.29. The Morgan fingerprint density at radius 1 is 0.906 bits per heavy atom. The Bertz CT molecular complexity index is 1160. The maximum Gasteiger partial charge on any atom is 0.287 e. The first kappa shape index (κ1) is 24.1. The fourth-order valence-corrected chi connectivity index (χ4v) is 3.97. The van der Waals surface area contributed by atoms with Gasteiger partial charge in [-0.1, -0.05) is 0 Å². The van der Waals surface area contributed by atoms with Gasteiger partial charge in [0, 0.05) is 39.4 Å². The smallest absolute Gasteiger partial charge is 0.287 e. The van der Waals surface area contributed by atoms with Crippen molar-refractivity contribution in [1.82, 2.24) is 9.97 Å². The molecule has 0 amide bonds. The van der Waals surface area contributed by atoms with Crippen molar-refractivity contribution in [3.8, 4) is 11.5 Å². The largest absolute Gasteiger partial charge is 0.486 e. The summed E-state index contributed by atoms with van der Waals surface area (Å²) in [6.07, 6.45) is 3.45. The molecule has 12 heteroatoms. The van der Waals surface area contributed by atoms with Crippen LogP contribution >= 0.6 is 54.5 Å². The molecule has 0 aliphatic carbocycles. The lowest BCUT2D eigenvalue weighted by Gasteiger charge is -2.05. The molecule has 0 spiro atoms. The topological polar surface area (TPSA) is 113 Å². The first-order chi connectivity index (χ1) is 15.4. The van der Waals surface area contributed by atoms with Crippen LogP contribution in [0.25, 0.3) is 0 Å². The summed E-state index contributed by atoms with van der Waals surface area (Å²) in [4.78, 5) is 18.4. The van der Waals surface area contributed by atoms with Crippen LogP contribution in [0, 0.1) is 10.1 Å². The average Bonchev–Trinajstić information content (AvgIpc) is 3.48. The van der Waals surface area contributed by atoms with Crippen molar-refractivity contribution >= 4 is 65.9 Å². The van der Waals surface area contributed by atoms with Crippen molar-refractivity contribution in [1.29, 1.82) is 0 Å². The number of nitro benzene ring substituents is 1. The summed E-state index contributed by atoms with van der Waals surface area (Å²) in [5.41, 5.74) is 6.39. The summed E-state index contributed by atoms with van der Waals surface area (Å²) in [5.74, 6) is 1.21. The fourth-order valence-electron chi connectivity index (χ4n) is 2.27. The lowest BCUT2D eigenvalue weighted by molar-refractivity contribution is -0.385. The highest BCUT2D eigenvalue weighted by Gasteiger charge is 2.13. The molecule has 0 fully saturated rings. The molecule has 0 saturated carbocycles. The number of rotatable bonds is 7. The third-order valence-electron chi connectivity index (χ3n) is 3.77. The van der Waals surface area contributed by atoms with Gasteiger partial charge in [-0.05, 0) is 56.1 Å². The van der Waals surface area contributed by atoms with Gasteiger partial charge in [-0.15, -0.1) is 22.7 Å². The predicted molar refractivity (Wildman–Crippen MR) is 132 cm³/mol. The van der Waals surface area contributed by atoms with E-state index in [1.54, 1.807) is 41.9 Å². The monoisotopic (exact) mass is 598 g/mol. The normalized spacial score (nSPS) is 10.2. The molecular formula is C20H16Br2N4O4S2. The van der Waals surface area contributed by atoms with Crippen LogP contribution in [0.4, 0.5) is 11.4 Å². The number of nitrogen functional groups attached to an aromatic ring is 1. The van der Waals surface area contributed by atoms with Crippen molar-refractivity contribution in [2.45, 2.75) is 13.2 Å². The van der Waals surface area contributed by atoms with E-state index in [4.69, 9.17) is 15.2 Å². The van der Waals surface area contributed by atoms with Gasteiger partial charge in [0.2, 0.25) is 0 Å². The molecule has 0 unspecified atom stereocenters. The Kier molecular flexibility index (Phi) is 8.97. The van der Waals surface area contributed by atoms with Gasteiger partial charge in [0.25, 0.3) is 5.69 Å². The van der Waals surface area contributed by atoms with E-state index in [9.17, 15) is 10.1 Å². The molecule has 2 aromatic heterocycles. The molecule has 0 bridgehead atoms. The van der Waals surface area contributed by atoms with Gasteiger partial charge in [-0.25, -0.2) is 9.97 Å². The lowest BCUT2D eigenvalue weighted by Crippen LogP contribution is -1.96. The maximum atomic E-state index is 10.7. The number of halogens is 2. The summed E-state index contributed by atoms with van der Waals surface area (Å²) in [6.45, 7) is 0.801. The number of benzene rings is 2. The van der Waals surface area contributed by atoms with E-state index < -0.39 is 4.92 Å². The molecule has 0 aliphatic rings. The van der Waals surface area contributed by atoms with E-state index in [2.05, 4.69) is 41.8 Å². The number of hydrogen-bond donors (Lipinski definition) is 1. The second kappa shape index (κ2) is 11.9. The Hall–Kier alpha value is -2.54. The van der Waals surface area contributed by atoms with E-state index in [-0.39, 0.29) is 5.69 Å². The third-order valence-corrected chi connectivity index (χ3v) is 6.67. The second-order valence-corrected chi connectivity index (χ2v) is 9.65. The van der Waals surface area contributed by atoms with E-state index in [1.807, 2.05) is 22.9 Å². The number of hydrogen-bond acceptors (Lipinski definition) is 9. The lowest BCUT2D eigenvalue weighted by atomic mass is 10.3. The van der Waals surface area contributed by atoms with Crippen LogP contribution in [0.5, 0.6) is 11.5 Å². The Balaban J connectivity index is 0.000000182. The number of nitrogens with zero attached hydrogens (tertiary/aromatic N) is 3. The van der Waals surface area contributed by atoms with Gasteiger partial charge in [-0.2, -0.15) is 0 Å². The number of aromatic nitrogens is 2. The number of ether oxygens (including phenoxy) is 2. The molecule has 2 aromatic carbocycles. The summed E-state index contributed by atoms with van der Waals surface area (Å²) >= 11 is 9.49. The zero-order valence-corrected chi connectivity index (χ0v) is 21.1. The van der Waals surface area contributed by atoms with E-state index in [1.165, 1.54) is 17.4 Å². The summed E-state index contributed by atoms with van der Waals surface area (Å²) in [6, 6.07) is 10.2. The molecule has 0 atom stereocenters. The van der Waals surface area contributed by atoms with Crippen molar-refractivity contribution in [3.05, 3.63) is 88.6 Å². The van der Waals surface area contributed by atoms with Gasteiger partial charge in [0.15, 0.2) is 0 Å². The number of nitro groups is 1. The van der Waals surface area contributed by atoms with Gasteiger partial charge in [-0.3, -0.25) is 10.1 Å².